The third kappa shape index (κ3) is 3.67. The summed E-state index contributed by atoms with van der Waals surface area (Å²) in [5.41, 5.74) is 2.30. The van der Waals surface area contributed by atoms with Gasteiger partial charge in [0.2, 0.25) is 0 Å². The molecule has 0 saturated carbocycles. The molecular formula is C19H25NO2. The predicted molar refractivity (Wildman–Crippen MR) is 90.4 cm³/mol. The summed E-state index contributed by atoms with van der Waals surface area (Å²) in [6.45, 7) is 6.05. The molecule has 22 heavy (non-hydrogen) atoms. The normalized spacial score (nSPS) is 13.9. The van der Waals surface area contributed by atoms with Crippen LogP contribution in [0.1, 0.15) is 37.8 Å². The average molecular weight is 299 g/mol. The zero-order valence-electron chi connectivity index (χ0n) is 13.5. The lowest BCUT2D eigenvalue weighted by Crippen LogP contribution is -2.49. The lowest BCUT2D eigenvalue weighted by Gasteiger charge is -2.37. The van der Waals surface area contributed by atoms with Crippen molar-refractivity contribution in [2.45, 2.75) is 38.6 Å². The number of para-hydroxylation sites is 1. The van der Waals surface area contributed by atoms with E-state index in [1.807, 2.05) is 37.3 Å². The molecule has 3 heteroatoms. The number of benzene rings is 2. The number of nitrogens with zero attached hydrogens (tertiary/aromatic N) is 1. The van der Waals surface area contributed by atoms with E-state index >= 15 is 0 Å². The van der Waals surface area contributed by atoms with Gasteiger partial charge in [-0.1, -0.05) is 56.3 Å². The summed E-state index contributed by atoms with van der Waals surface area (Å²) in [5.74, 6) is 0.497. The minimum absolute atomic E-state index is 0.135. The molecule has 0 amide bonds. The molecule has 0 saturated heterocycles. The largest absolute Gasteiger partial charge is 0.394 e. The van der Waals surface area contributed by atoms with Gasteiger partial charge < -0.3 is 5.11 Å². The quantitative estimate of drug-likeness (QED) is 0.792. The maximum absolute atomic E-state index is 10.5. The highest BCUT2D eigenvalue weighted by atomic mass is 16.5. The van der Waals surface area contributed by atoms with Crippen LogP contribution in [0.2, 0.25) is 0 Å². The van der Waals surface area contributed by atoms with Crippen LogP contribution in [0.25, 0.3) is 0 Å². The molecule has 118 valence electrons. The highest BCUT2D eigenvalue weighted by molar-refractivity contribution is 5.46. The highest BCUT2D eigenvalue weighted by Crippen LogP contribution is 2.26. The Morgan fingerprint density at radius 2 is 1.59 bits per heavy atom. The Bertz CT molecular complexity index is 580. The third-order valence-electron chi connectivity index (χ3n) is 4.08. The number of hydrogen-bond acceptors (Lipinski definition) is 3. The first-order valence-corrected chi connectivity index (χ1v) is 7.70. The van der Waals surface area contributed by atoms with Crippen molar-refractivity contribution in [3.63, 3.8) is 0 Å². The summed E-state index contributed by atoms with van der Waals surface area (Å²) in [4.78, 5) is 0. The number of anilines is 1. The zero-order chi connectivity index (χ0) is 16.2. The van der Waals surface area contributed by atoms with Crippen molar-refractivity contribution in [1.29, 1.82) is 0 Å². The van der Waals surface area contributed by atoms with Gasteiger partial charge in [0.15, 0.2) is 0 Å². The Labute approximate surface area is 132 Å². The molecule has 2 aromatic rings. The lowest BCUT2D eigenvalue weighted by molar-refractivity contribution is 0.0995. The van der Waals surface area contributed by atoms with Gasteiger partial charge in [-0.15, -0.1) is 0 Å². The monoisotopic (exact) mass is 299 g/mol. The van der Waals surface area contributed by atoms with E-state index < -0.39 is 5.54 Å². The summed E-state index contributed by atoms with van der Waals surface area (Å²) in [7, 11) is 0. The second-order valence-electron chi connectivity index (χ2n) is 6.38. The second kappa shape index (κ2) is 6.95. The van der Waals surface area contributed by atoms with Crippen LogP contribution < -0.4 is 5.06 Å². The number of hydroxylamine groups is 1. The van der Waals surface area contributed by atoms with Crippen LogP contribution in [0.15, 0.2) is 54.6 Å². The van der Waals surface area contributed by atoms with Crippen LogP contribution in [-0.2, 0) is 6.42 Å². The van der Waals surface area contributed by atoms with Gasteiger partial charge in [-0.05, 0) is 36.1 Å². The van der Waals surface area contributed by atoms with Gasteiger partial charge in [0, 0.05) is 6.42 Å². The van der Waals surface area contributed by atoms with E-state index in [0.717, 1.165) is 5.56 Å². The molecule has 0 aliphatic rings. The number of rotatable bonds is 6. The van der Waals surface area contributed by atoms with E-state index in [4.69, 9.17) is 0 Å². The predicted octanol–water partition coefficient (Wildman–Crippen LogP) is 4.00. The molecule has 1 atom stereocenters. The first-order valence-electron chi connectivity index (χ1n) is 7.70. The van der Waals surface area contributed by atoms with Gasteiger partial charge >= 0.3 is 0 Å². The van der Waals surface area contributed by atoms with E-state index in [-0.39, 0.29) is 6.61 Å². The first-order chi connectivity index (χ1) is 10.5. The summed E-state index contributed by atoms with van der Waals surface area (Å²) in [6.07, 6.45) is 0.563. The van der Waals surface area contributed by atoms with Gasteiger partial charge in [0.1, 0.15) is 0 Å². The molecule has 2 N–H and O–H groups in total. The summed E-state index contributed by atoms with van der Waals surface area (Å²) >= 11 is 0. The van der Waals surface area contributed by atoms with Crippen LogP contribution >= 0.6 is 0 Å². The molecular weight excluding hydrogens is 274 g/mol. The minimum atomic E-state index is -0.763. The summed E-state index contributed by atoms with van der Waals surface area (Å²) in [6, 6.07) is 17.7. The minimum Gasteiger partial charge on any atom is -0.394 e. The summed E-state index contributed by atoms with van der Waals surface area (Å²) < 4.78 is 0. The highest BCUT2D eigenvalue weighted by Gasteiger charge is 2.31. The molecule has 2 rings (SSSR count). The topological polar surface area (TPSA) is 43.7 Å². The van der Waals surface area contributed by atoms with Crippen molar-refractivity contribution in [3.8, 4) is 0 Å². The maximum atomic E-state index is 10.5. The Morgan fingerprint density at radius 1 is 1.00 bits per heavy atom. The van der Waals surface area contributed by atoms with Crippen molar-refractivity contribution in [3.05, 3.63) is 65.7 Å². The molecule has 0 heterocycles. The molecule has 0 radical (unpaired) electrons. The van der Waals surface area contributed by atoms with Crippen LogP contribution in [-0.4, -0.2) is 22.5 Å². The van der Waals surface area contributed by atoms with E-state index in [1.54, 1.807) is 0 Å². The van der Waals surface area contributed by atoms with Gasteiger partial charge in [-0.25, -0.2) is 5.06 Å². The van der Waals surface area contributed by atoms with Crippen LogP contribution in [0.5, 0.6) is 0 Å². The van der Waals surface area contributed by atoms with E-state index in [0.29, 0.717) is 18.0 Å². The van der Waals surface area contributed by atoms with Gasteiger partial charge in [-0.2, -0.15) is 0 Å². The number of hydrogen-bond donors (Lipinski definition) is 2. The smallest absolute Gasteiger partial charge is 0.0913 e. The van der Waals surface area contributed by atoms with Gasteiger partial charge in [0.25, 0.3) is 0 Å². The Morgan fingerprint density at radius 3 is 2.09 bits per heavy atom. The van der Waals surface area contributed by atoms with E-state index in [9.17, 15) is 10.3 Å². The van der Waals surface area contributed by atoms with Crippen LogP contribution in [0, 0.1) is 0 Å². The average Bonchev–Trinajstić information content (AvgIpc) is 2.55. The van der Waals surface area contributed by atoms with Crippen LogP contribution in [0.3, 0.4) is 0 Å². The maximum Gasteiger partial charge on any atom is 0.0913 e. The van der Waals surface area contributed by atoms with Crippen molar-refractivity contribution < 1.29 is 10.3 Å². The van der Waals surface area contributed by atoms with Gasteiger partial charge in [0.05, 0.1) is 17.8 Å². The molecule has 3 nitrogen and oxygen atoms in total. The molecule has 0 fully saturated rings. The fourth-order valence-corrected chi connectivity index (χ4v) is 2.54. The lowest BCUT2D eigenvalue weighted by atomic mass is 9.91. The first kappa shape index (κ1) is 16.5. The number of aliphatic hydroxyl groups is 1. The SMILES string of the molecule is CC(C)c1ccc(CC(C)(CO)N(O)c2ccccc2)cc1. The molecule has 0 aliphatic heterocycles. The Kier molecular flexibility index (Phi) is 5.22. The standard InChI is InChI=1S/C19H25NO2/c1-15(2)17-11-9-16(10-12-17)13-19(3,14-21)20(22)18-7-5-4-6-8-18/h4-12,15,21-22H,13-14H2,1-3H3. The van der Waals surface area contributed by atoms with Crippen molar-refractivity contribution in [1.82, 2.24) is 0 Å². The number of aliphatic hydroxyl groups excluding tert-OH is 1. The zero-order valence-corrected chi connectivity index (χ0v) is 13.5. The fraction of sp³-hybridized carbons (Fsp3) is 0.368. The van der Waals surface area contributed by atoms with Gasteiger partial charge in [-0.3, -0.25) is 5.21 Å². The van der Waals surface area contributed by atoms with Crippen molar-refractivity contribution in [2.24, 2.45) is 0 Å². The molecule has 1 unspecified atom stereocenters. The molecule has 2 aromatic carbocycles. The Balaban J connectivity index is 2.19. The van der Waals surface area contributed by atoms with E-state index in [1.165, 1.54) is 10.6 Å². The summed E-state index contributed by atoms with van der Waals surface area (Å²) in [5, 5.41) is 21.5. The Hall–Kier alpha value is -1.84. The van der Waals surface area contributed by atoms with E-state index in [2.05, 4.69) is 38.1 Å². The molecule has 0 spiro atoms. The van der Waals surface area contributed by atoms with Crippen LogP contribution in [0.4, 0.5) is 5.69 Å². The second-order valence-corrected chi connectivity index (χ2v) is 6.38. The molecule has 0 aromatic heterocycles. The molecule has 0 bridgehead atoms. The molecule has 0 aliphatic carbocycles. The van der Waals surface area contributed by atoms with Crippen molar-refractivity contribution in [2.75, 3.05) is 11.7 Å². The van der Waals surface area contributed by atoms with Crippen molar-refractivity contribution >= 4 is 5.69 Å². The fourth-order valence-electron chi connectivity index (χ4n) is 2.54. The third-order valence-corrected chi connectivity index (χ3v) is 4.08.